The molecule has 0 saturated carbocycles. The number of halogens is 1. The van der Waals surface area contributed by atoms with Crippen molar-refractivity contribution >= 4 is 11.8 Å². The molecule has 2 heterocycles. The summed E-state index contributed by atoms with van der Waals surface area (Å²) in [7, 11) is 0. The third kappa shape index (κ3) is 2.19. The number of aliphatic hydroxyl groups is 1. The third-order valence-corrected chi connectivity index (χ3v) is 3.10. The van der Waals surface area contributed by atoms with Crippen molar-refractivity contribution in [3.05, 3.63) is 28.7 Å². The fraction of sp³-hybridized carbons (Fsp3) is 0.500. The number of ether oxygens (including phenoxy) is 1. The van der Waals surface area contributed by atoms with Gasteiger partial charge < -0.3 is 9.84 Å². The first-order valence-electron chi connectivity index (χ1n) is 4.33. The lowest BCUT2D eigenvalue weighted by atomic mass is 10.5. The summed E-state index contributed by atoms with van der Waals surface area (Å²) in [5.74, 6) is -0.265. The second kappa shape index (κ2) is 4.30. The molecule has 2 atom stereocenters. The standard InChI is InChI=1S/C8H9FN2O3S/c9-5-1-2-11(8(13)10-5)6-4-15-7(3-12)14-6/h1-2,6-7,12H,3-4H2. The average Bonchev–Trinajstić information content (AvgIpc) is 2.66. The Morgan fingerprint density at radius 1 is 1.80 bits per heavy atom. The van der Waals surface area contributed by atoms with Gasteiger partial charge >= 0.3 is 5.69 Å². The molecule has 7 heteroatoms. The normalized spacial score (nSPS) is 25.7. The molecule has 5 nitrogen and oxygen atoms in total. The Morgan fingerprint density at radius 3 is 3.20 bits per heavy atom. The van der Waals surface area contributed by atoms with Crippen molar-refractivity contribution in [3.63, 3.8) is 0 Å². The van der Waals surface area contributed by atoms with E-state index in [0.717, 1.165) is 6.07 Å². The zero-order valence-electron chi connectivity index (χ0n) is 7.67. The molecule has 0 aliphatic carbocycles. The van der Waals surface area contributed by atoms with Crippen molar-refractivity contribution in [1.29, 1.82) is 0 Å². The van der Waals surface area contributed by atoms with E-state index in [4.69, 9.17) is 9.84 Å². The molecule has 1 saturated heterocycles. The summed E-state index contributed by atoms with van der Waals surface area (Å²) in [6, 6.07) is 1.10. The molecule has 2 unspecified atom stereocenters. The minimum atomic E-state index is -0.805. The van der Waals surface area contributed by atoms with Crippen LogP contribution in [0.2, 0.25) is 0 Å². The largest absolute Gasteiger partial charge is 0.393 e. The summed E-state index contributed by atoms with van der Waals surface area (Å²) in [5, 5.41) is 8.84. The second-order valence-corrected chi connectivity index (χ2v) is 4.17. The van der Waals surface area contributed by atoms with Gasteiger partial charge in [-0.05, 0) is 0 Å². The SMILES string of the molecule is O=c1nc(F)ccn1C1CSC(CO)O1. The highest BCUT2D eigenvalue weighted by Gasteiger charge is 2.27. The lowest BCUT2D eigenvalue weighted by Crippen LogP contribution is -2.28. The maximum absolute atomic E-state index is 12.6. The third-order valence-electron chi connectivity index (χ3n) is 1.99. The zero-order valence-corrected chi connectivity index (χ0v) is 8.48. The van der Waals surface area contributed by atoms with E-state index in [9.17, 15) is 9.18 Å². The van der Waals surface area contributed by atoms with Gasteiger partial charge in [-0.2, -0.15) is 9.37 Å². The first-order valence-corrected chi connectivity index (χ1v) is 5.38. The quantitative estimate of drug-likeness (QED) is 0.725. The lowest BCUT2D eigenvalue weighted by molar-refractivity contribution is -0.00656. The highest BCUT2D eigenvalue weighted by atomic mass is 32.2. The molecule has 0 spiro atoms. The lowest BCUT2D eigenvalue weighted by Gasteiger charge is -2.12. The van der Waals surface area contributed by atoms with Crippen LogP contribution in [0.15, 0.2) is 17.1 Å². The summed E-state index contributed by atoms with van der Waals surface area (Å²) >= 11 is 1.40. The van der Waals surface area contributed by atoms with Crippen molar-refractivity contribution in [2.75, 3.05) is 12.4 Å². The van der Waals surface area contributed by atoms with Gasteiger partial charge in [0.25, 0.3) is 0 Å². The zero-order chi connectivity index (χ0) is 10.8. The molecule has 15 heavy (non-hydrogen) atoms. The van der Waals surface area contributed by atoms with Crippen molar-refractivity contribution in [1.82, 2.24) is 9.55 Å². The number of hydrogen-bond acceptors (Lipinski definition) is 5. The van der Waals surface area contributed by atoms with Crippen LogP contribution in [0, 0.1) is 5.95 Å². The van der Waals surface area contributed by atoms with Gasteiger partial charge in [0.1, 0.15) is 11.7 Å². The maximum atomic E-state index is 12.6. The fourth-order valence-corrected chi connectivity index (χ4v) is 2.23. The topological polar surface area (TPSA) is 64.4 Å². The molecule has 0 amide bonds. The molecule has 0 radical (unpaired) electrons. The van der Waals surface area contributed by atoms with Crippen LogP contribution in [0.3, 0.4) is 0 Å². The summed E-state index contributed by atoms with van der Waals surface area (Å²) in [4.78, 5) is 14.4. The van der Waals surface area contributed by atoms with E-state index in [-0.39, 0.29) is 12.0 Å². The van der Waals surface area contributed by atoms with Crippen LogP contribution in [0.1, 0.15) is 6.23 Å². The van der Waals surface area contributed by atoms with E-state index in [1.165, 1.54) is 22.5 Å². The van der Waals surface area contributed by atoms with Gasteiger partial charge in [0, 0.05) is 18.0 Å². The molecular formula is C8H9FN2O3S. The summed E-state index contributed by atoms with van der Waals surface area (Å²) in [5.41, 5.74) is -1.01. The number of rotatable bonds is 2. The monoisotopic (exact) mass is 232 g/mol. The van der Waals surface area contributed by atoms with Gasteiger partial charge in [0.05, 0.1) is 6.61 Å². The minimum Gasteiger partial charge on any atom is -0.393 e. The number of thioether (sulfide) groups is 1. The van der Waals surface area contributed by atoms with Crippen molar-refractivity contribution in [3.8, 4) is 0 Å². The van der Waals surface area contributed by atoms with Crippen LogP contribution in [0.5, 0.6) is 0 Å². The minimum absolute atomic E-state index is 0.107. The van der Waals surface area contributed by atoms with E-state index in [1.54, 1.807) is 0 Å². The molecule has 0 aromatic carbocycles. The Hall–Kier alpha value is -0.920. The Labute approximate surface area is 88.9 Å². The number of aromatic nitrogens is 2. The van der Waals surface area contributed by atoms with Gasteiger partial charge in [-0.25, -0.2) is 4.79 Å². The van der Waals surface area contributed by atoms with Gasteiger partial charge in [0.15, 0.2) is 0 Å². The molecule has 1 aromatic heterocycles. The number of hydrogen-bond donors (Lipinski definition) is 1. The predicted molar refractivity (Wildman–Crippen MR) is 51.9 cm³/mol. The van der Waals surface area contributed by atoms with Gasteiger partial charge in [-0.3, -0.25) is 4.57 Å². The van der Waals surface area contributed by atoms with E-state index >= 15 is 0 Å². The Kier molecular flexibility index (Phi) is 3.03. The van der Waals surface area contributed by atoms with Crippen molar-refractivity contribution in [2.45, 2.75) is 11.7 Å². The molecular weight excluding hydrogens is 223 g/mol. The average molecular weight is 232 g/mol. The van der Waals surface area contributed by atoms with Crippen LogP contribution in [0.25, 0.3) is 0 Å². The molecule has 2 rings (SSSR count). The predicted octanol–water partition coefficient (Wildman–Crippen LogP) is -0.0372. The second-order valence-electron chi connectivity index (χ2n) is 2.98. The molecule has 1 aromatic rings. The summed E-state index contributed by atoms with van der Waals surface area (Å²) in [6.07, 6.45) is 0.822. The highest BCUT2D eigenvalue weighted by molar-refractivity contribution is 8.00. The Balaban J connectivity index is 2.20. The molecule has 82 valence electrons. The van der Waals surface area contributed by atoms with E-state index in [0.29, 0.717) is 5.75 Å². The smallest absolute Gasteiger partial charge is 0.352 e. The fourth-order valence-electron chi connectivity index (χ4n) is 1.30. The highest BCUT2D eigenvalue weighted by Crippen LogP contribution is 2.30. The van der Waals surface area contributed by atoms with Crippen LogP contribution < -0.4 is 5.69 Å². The van der Waals surface area contributed by atoms with E-state index in [2.05, 4.69) is 4.98 Å². The Morgan fingerprint density at radius 2 is 2.60 bits per heavy atom. The molecule has 1 N–H and O–H groups in total. The van der Waals surface area contributed by atoms with Crippen molar-refractivity contribution < 1.29 is 14.2 Å². The first kappa shape index (κ1) is 10.6. The number of nitrogens with zero attached hydrogens (tertiary/aromatic N) is 2. The molecule has 1 aliphatic heterocycles. The summed E-state index contributed by atoms with van der Waals surface area (Å²) in [6.45, 7) is -0.107. The van der Waals surface area contributed by atoms with E-state index < -0.39 is 17.9 Å². The molecule has 1 fully saturated rings. The van der Waals surface area contributed by atoms with Crippen LogP contribution >= 0.6 is 11.8 Å². The van der Waals surface area contributed by atoms with Gasteiger partial charge in [-0.1, -0.05) is 0 Å². The van der Waals surface area contributed by atoms with Crippen molar-refractivity contribution in [2.24, 2.45) is 0 Å². The van der Waals surface area contributed by atoms with E-state index in [1.807, 2.05) is 0 Å². The van der Waals surface area contributed by atoms with Crippen LogP contribution in [-0.4, -0.2) is 32.5 Å². The molecule has 1 aliphatic rings. The molecule has 0 bridgehead atoms. The Bertz CT molecular complexity index is 411. The number of aliphatic hydroxyl groups excluding tert-OH is 1. The van der Waals surface area contributed by atoms with Crippen LogP contribution in [0.4, 0.5) is 4.39 Å². The van der Waals surface area contributed by atoms with Gasteiger partial charge in [-0.15, -0.1) is 11.8 Å². The maximum Gasteiger partial charge on any atom is 0.352 e. The van der Waals surface area contributed by atoms with Gasteiger partial charge in [0.2, 0.25) is 5.95 Å². The first-order chi connectivity index (χ1) is 7.20. The van der Waals surface area contributed by atoms with Crippen LogP contribution in [-0.2, 0) is 4.74 Å². The summed E-state index contributed by atoms with van der Waals surface area (Å²) < 4.78 is 19.1.